The van der Waals surface area contributed by atoms with Crippen molar-refractivity contribution in [3.05, 3.63) is 18.3 Å². The Labute approximate surface area is 168 Å². The van der Waals surface area contributed by atoms with Crippen LogP contribution in [0.15, 0.2) is 23.2 Å². The smallest absolute Gasteiger partial charge is 0.246 e. The molecule has 0 N–H and O–H groups in total. The number of rotatable bonds is 5. The second-order valence-corrected chi connectivity index (χ2v) is 10.1. The van der Waals surface area contributed by atoms with Crippen LogP contribution in [0.1, 0.15) is 32.1 Å². The fraction of sp³-hybridized carbons (Fsp3) is 0.750. The van der Waals surface area contributed by atoms with Crippen molar-refractivity contribution in [3.8, 4) is 0 Å². The number of aromatic nitrogens is 1. The third-order valence-electron chi connectivity index (χ3n) is 6.12. The molecule has 3 saturated heterocycles. The van der Waals surface area contributed by atoms with Gasteiger partial charge in [-0.25, -0.2) is 13.4 Å². The zero-order chi connectivity index (χ0) is 19.4. The first-order chi connectivity index (χ1) is 13.6. The van der Waals surface area contributed by atoms with Crippen LogP contribution < -0.4 is 4.90 Å². The fourth-order valence-corrected chi connectivity index (χ4v) is 6.30. The maximum absolute atomic E-state index is 13.3. The van der Waals surface area contributed by atoms with Gasteiger partial charge in [0.1, 0.15) is 10.7 Å². The van der Waals surface area contributed by atoms with Crippen molar-refractivity contribution >= 4 is 15.8 Å². The second kappa shape index (κ2) is 9.07. The molecule has 0 aromatic carbocycles. The molecule has 0 bridgehead atoms. The molecule has 1 aromatic heterocycles. The largest absolute Gasteiger partial charge is 0.379 e. The van der Waals surface area contributed by atoms with Crippen molar-refractivity contribution in [1.29, 1.82) is 0 Å². The summed E-state index contributed by atoms with van der Waals surface area (Å²) >= 11 is 0. The lowest BCUT2D eigenvalue weighted by Gasteiger charge is -2.38. The van der Waals surface area contributed by atoms with E-state index in [1.165, 1.54) is 6.42 Å². The van der Waals surface area contributed by atoms with Crippen LogP contribution in [0.3, 0.4) is 0 Å². The van der Waals surface area contributed by atoms with Crippen LogP contribution in [0.25, 0.3) is 0 Å². The van der Waals surface area contributed by atoms with Crippen molar-refractivity contribution in [1.82, 2.24) is 14.2 Å². The molecular formula is C20H32N4O3S. The molecular weight excluding hydrogens is 376 g/mol. The average Bonchev–Trinajstić information content (AvgIpc) is 2.75. The van der Waals surface area contributed by atoms with E-state index in [0.29, 0.717) is 29.7 Å². The minimum absolute atomic E-state index is 0.379. The number of ether oxygens (including phenoxy) is 1. The van der Waals surface area contributed by atoms with Gasteiger partial charge in [0.05, 0.1) is 13.2 Å². The third kappa shape index (κ3) is 4.50. The topological polar surface area (TPSA) is 66.0 Å². The minimum Gasteiger partial charge on any atom is -0.379 e. The number of anilines is 1. The second-order valence-electron chi connectivity index (χ2n) is 8.16. The third-order valence-corrected chi connectivity index (χ3v) is 8.04. The van der Waals surface area contributed by atoms with Crippen molar-refractivity contribution < 1.29 is 13.2 Å². The first kappa shape index (κ1) is 20.1. The standard InChI is InChI=1S/C20H32N4O3S/c25-28(26,24-10-2-1-3-11-24)19-7-4-8-21-20(19)23-9-5-6-18(17-23)16-22-12-14-27-15-13-22/h4,7-8,18H,1-3,5-6,9-17H2. The van der Waals surface area contributed by atoms with Gasteiger partial charge in [-0.1, -0.05) is 6.42 Å². The molecule has 0 radical (unpaired) electrons. The fourth-order valence-electron chi connectivity index (χ4n) is 4.62. The first-order valence-corrected chi connectivity index (χ1v) is 12.1. The highest BCUT2D eigenvalue weighted by molar-refractivity contribution is 7.89. The van der Waals surface area contributed by atoms with Gasteiger partial charge in [0.15, 0.2) is 0 Å². The maximum atomic E-state index is 13.3. The Morgan fingerprint density at radius 3 is 2.61 bits per heavy atom. The van der Waals surface area contributed by atoms with Gasteiger partial charge in [-0.15, -0.1) is 0 Å². The molecule has 28 heavy (non-hydrogen) atoms. The van der Waals surface area contributed by atoms with E-state index >= 15 is 0 Å². The predicted molar refractivity (Wildman–Crippen MR) is 109 cm³/mol. The molecule has 3 fully saturated rings. The molecule has 1 unspecified atom stereocenters. The monoisotopic (exact) mass is 408 g/mol. The number of sulfonamides is 1. The Morgan fingerprint density at radius 1 is 1.04 bits per heavy atom. The lowest BCUT2D eigenvalue weighted by Crippen LogP contribution is -2.45. The Balaban J connectivity index is 1.50. The van der Waals surface area contributed by atoms with Crippen LogP contribution in [-0.4, -0.2) is 81.6 Å². The van der Waals surface area contributed by atoms with E-state index in [1.807, 2.05) is 0 Å². The summed E-state index contributed by atoms with van der Waals surface area (Å²) < 4.78 is 33.7. The molecule has 3 aliphatic rings. The summed E-state index contributed by atoms with van der Waals surface area (Å²) in [5, 5.41) is 0. The quantitative estimate of drug-likeness (QED) is 0.740. The normalized spacial score (nSPS) is 25.7. The molecule has 8 heteroatoms. The minimum atomic E-state index is -3.48. The van der Waals surface area contributed by atoms with Crippen LogP contribution in [0.5, 0.6) is 0 Å². The van der Waals surface area contributed by atoms with E-state index in [0.717, 1.165) is 71.6 Å². The Kier molecular flexibility index (Phi) is 6.50. The van der Waals surface area contributed by atoms with Gasteiger partial charge in [-0.05, 0) is 43.7 Å². The maximum Gasteiger partial charge on any atom is 0.246 e. The van der Waals surface area contributed by atoms with Gasteiger partial charge in [-0.3, -0.25) is 4.90 Å². The molecule has 7 nitrogen and oxygen atoms in total. The highest BCUT2D eigenvalue weighted by atomic mass is 32.2. The number of nitrogens with zero attached hydrogens (tertiary/aromatic N) is 4. The van der Waals surface area contributed by atoms with Gasteiger partial charge >= 0.3 is 0 Å². The number of hydrogen-bond acceptors (Lipinski definition) is 6. The molecule has 0 aliphatic carbocycles. The number of hydrogen-bond donors (Lipinski definition) is 0. The van der Waals surface area contributed by atoms with Gasteiger partial charge in [0, 0.05) is 52.0 Å². The van der Waals surface area contributed by atoms with Gasteiger partial charge in [-0.2, -0.15) is 4.31 Å². The van der Waals surface area contributed by atoms with Crippen LogP contribution in [-0.2, 0) is 14.8 Å². The summed E-state index contributed by atoms with van der Waals surface area (Å²) in [6.45, 7) is 7.66. The van der Waals surface area contributed by atoms with Crippen LogP contribution in [0.2, 0.25) is 0 Å². The van der Waals surface area contributed by atoms with E-state index in [9.17, 15) is 8.42 Å². The summed E-state index contributed by atoms with van der Waals surface area (Å²) in [6.07, 6.45) is 6.99. The predicted octanol–water partition coefficient (Wildman–Crippen LogP) is 1.80. The molecule has 4 heterocycles. The summed E-state index contributed by atoms with van der Waals surface area (Å²) in [7, 11) is -3.48. The molecule has 0 amide bonds. The highest BCUT2D eigenvalue weighted by Crippen LogP contribution is 2.30. The van der Waals surface area contributed by atoms with E-state index < -0.39 is 10.0 Å². The molecule has 156 valence electrons. The van der Waals surface area contributed by atoms with E-state index in [2.05, 4.69) is 14.8 Å². The van der Waals surface area contributed by atoms with Crippen LogP contribution in [0.4, 0.5) is 5.82 Å². The van der Waals surface area contributed by atoms with Crippen molar-refractivity contribution in [2.45, 2.75) is 37.0 Å². The van der Waals surface area contributed by atoms with Crippen LogP contribution >= 0.6 is 0 Å². The summed E-state index contributed by atoms with van der Waals surface area (Å²) in [6, 6.07) is 3.48. The van der Waals surface area contributed by atoms with Crippen LogP contribution in [0, 0.1) is 5.92 Å². The molecule has 1 atom stereocenters. The first-order valence-electron chi connectivity index (χ1n) is 10.6. The zero-order valence-electron chi connectivity index (χ0n) is 16.6. The van der Waals surface area contributed by atoms with Gasteiger partial charge in [0.25, 0.3) is 0 Å². The molecule has 3 aliphatic heterocycles. The Bertz CT molecular complexity index is 746. The van der Waals surface area contributed by atoms with Gasteiger partial charge in [0.2, 0.25) is 10.0 Å². The van der Waals surface area contributed by atoms with Gasteiger partial charge < -0.3 is 9.64 Å². The Morgan fingerprint density at radius 2 is 1.82 bits per heavy atom. The van der Waals surface area contributed by atoms with Crippen molar-refractivity contribution in [2.24, 2.45) is 5.92 Å². The zero-order valence-corrected chi connectivity index (χ0v) is 17.4. The lowest BCUT2D eigenvalue weighted by molar-refractivity contribution is 0.0296. The van der Waals surface area contributed by atoms with E-state index in [-0.39, 0.29) is 0 Å². The average molecular weight is 409 g/mol. The summed E-state index contributed by atoms with van der Waals surface area (Å²) in [5.74, 6) is 1.18. The van der Waals surface area contributed by atoms with Crippen molar-refractivity contribution in [2.75, 3.05) is 63.9 Å². The highest BCUT2D eigenvalue weighted by Gasteiger charge is 2.32. The molecule has 4 rings (SSSR count). The Hall–Kier alpha value is -1.22. The number of morpholine rings is 1. The number of piperidine rings is 2. The molecule has 1 aromatic rings. The van der Waals surface area contributed by atoms with E-state index in [1.54, 1.807) is 22.6 Å². The molecule has 0 saturated carbocycles. The summed E-state index contributed by atoms with van der Waals surface area (Å²) in [5.41, 5.74) is 0. The molecule has 0 spiro atoms. The lowest BCUT2D eigenvalue weighted by atomic mass is 9.97. The summed E-state index contributed by atoms with van der Waals surface area (Å²) in [4.78, 5) is 9.58. The van der Waals surface area contributed by atoms with E-state index in [4.69, 9.17) is 4.74 Å². The number of pyridine rings is 1. The van der Waals surface area contributed by atoms with Crippen molar-refractivity contribution in [3.63, 3.8) is 0 Å². The SMILES string of the molecule is O=S(=O)(c1cccnc1N1CCCC(CN2CCOCC2)C1)N1CCCCC1.